The van der Waals surface area contributed by atoms with Crippen LogP contribution in [0.4, 0.5) is 5.69 Å². The zero-order valence-corrected chi connectivity index (χ0v) is 26.4. The number of nitrogens with zero attached hydrogens (tertiary/aromatic N) is 2. The van der Waals surface area contributed by atoms with Gasteiger partial charge in [-0.05, 0) is 67.8 Å². The highest BCUT2D eigenvalue weighted by molar-refractivity contribution is 6.02. The fourth-order valence-corrected chi connectivity index (χ4v) is 8.34. The lowest BCUT2D eigenvalue weighted by Crippen LogP contribution is -2.58. The third-order valence-corrected chi connectivity index (χ3v) is 11.2. The fraction of sp³-hybridized carbons (Fsp3) is 0.686. The first kappa shape index (κ1) is 30.3. The molecule has 0 radical (unpaired) electrons. The van der Waals surface area contributed by atoms with Gasteiger partial charge in [-0.3, -0.25) is 14.4 Å². The highest BCUT2D eigenvalue weighted by Crippen LogP contribution is 2.55. The van der Waals surface area contributed by atoms with E-state index in [0.717, 1.165) is 45.3 Å². The van der Waals surface area contributed by atoms with Gasteiger partial charge in [0.1, 0.15) is 11.6 Å². The number of amides is 3. The standard InChI is InChI=1S/C35H50N4O4/c1-22(2)25-12-14-26(15-13-25)36-32(40)29-28-16-17-35(43-28)30(29)34(42)39(21-20-38-18-7-5-6-8-19-38)31(35)33(41)37-27-11-9-10-23(3)24(27)4/h12-17,22-24,27-31H,5-11,18-21H2,1-4H3,(H,36,40)(H,37,41)/t23-,24-,27+,28+,29-,30+,31+,35+/m0/s1. The van der Waals surface area contributed by atoms with Crippen LogP contribution >= 0.6 is 0 Å². The van der Waals surface area contributed by atoms with Crippen molar-refractivity contribution in [2.45, 2.75) is 102 Å². The molecule has 0 aromatic heterocycles. The first-order valence-corrected chi connectivity index (χ1v) is 16.8. The average molecular weight is 591 g/mol. The van der Waals surface area contributed by atoms with Crippen LogP contribution in [0.2, 0.25) is 0 Å². The van der Waals surface area contributed by atoms with Gasteiger partial charge in [0, 0.05) is 24.8 Å². The molecule has 1 aromatic rings. The van der Waals surface area contributed by atoms with Crippen LogP contribution < -0.4 is 10.6 Å². The van der Waals surface area contributed by atoms with E-state index in [9.17, 15) is 14.4 Å². The second-order valence-electron chi connectivity index (χ2n) is 14.1. The first-order valence-electron chi connectivity index (χ1n) is 16.8. The number of nitrogens with one attached hydrogen (secondary N) is 2. The van der Waals surface area contributed by atoms with Gasteiger partial charge < -0.3 is 25.2 Å². The Labute approximate surface area is 257 Å². The minimum Gasteiger partial charge on any atom is -0.359 e. The molecule has 43 heavy (non-hydrogen) atoms. The molecule has 4 heterocycles. The average Bonchev–Trinajstić information content (AvgIpc) is 3.53. The summed E-state index contributed by atoms with van der Waals surface area (Å²) in [5, 5.41) is 6.43. The van der Waals surface area contributed by atoms with E-state index in [-0.39, 0.29) is 23.8 Å². The number of benzene rings is 1. The molecule has 1 saturated carbocycles. The molecule has 234 valence electrons. The van der Waals surface area contributed by atoms with Crippen molar-refractivity contribution in [2.75, 3.05) is 31.5 Å². The molecule has 6 rings (SSSR count). The van der Waals surface area contributed by atoms with Crippen LogP contribution in [0, 0.1) is 23.7 Å². The molecule has 8 atom stereocenters. The maximum absolute atomic E-state index is 14.4. The molecule has 1 aliphatic carbocycles. The summed E-state index contributed by atoms with van der Waals surface area (Å²) in [6.45, 7) is 12.0. The fourth-order valence-electron chi connectivity index (χ4n) is 8.34. The summed E-state index contributed by atoms with van der Waals surface area (Å²) >= 11 is 0. The van der Waals surface area contributed by atoms with Gasteiger partial charge in [-0.1, -0.05) is 77.7 Å². The molecule has 3 amide bonds. The molecule has 8 heteroatoms. The number of rotatable bonds is 8. The predicted molar refractivity (Wildman–Crippen MR) is 167 cm³/mol. The highest BCUT2D eigenvalue weighted by Gasteiger charge is 2.72. The van der Waals surface area contributed by atoms with Crippen molar-refractivity contribution in [3.63, 3.8) is 0 Å². The Hall–Kier alpha value is -2.71. The number of fused-ring (bicyclic) bond motifs is 1. The lowest BCUT2D eigenvalue weighted by atomic mass is 9.73. The van der Waals surface area contributed by atoms with Gasteiger partial charge in [0.25, 0.3) is 0 Å². The van der Waals surface area contributed by atoms with Crippen molar-refractivity contribution in [1.29, 1.82) is 0 Å². The van der Waals surface area contributed by atoms with Crippen molar-refractivity contribution in [2.24, 2.45) is 23.7 Å². The van der Waals surface area contributed by atoms with Crippen LogP contribution in [0.15, 0.2) is 36.4 Å². The SMILES string of the molecule is CC(C)c1ccc(NC(=O)[C@H]2[C@H]3C=C[C@@]4(O3)[C@H]2C(=O)N(CCN2CCCCCC2)[C@@H]4C(=O)N[C@@H]2CCC[C@H](C)[C@@H]2C)cc1. The summed E-state index contributed by atoms with van der Waals surface area (Å²) in [5.74, 6) is -0.617. The molecule has 1 aromatic carbocycles. The Morgan fingerprint density at radius 3 is 2.40 bits per heavy atom. The van der Waals surface area contributed by atoms with Crippen LogP contribution in [0.5, 0.6) is 0 Å². The molecular formula is C35H50N4O4. The van der Waals surface area contributed by atoms with E-state index in [1.54, 1.807) is 4.90 Å². The Morgan fingerprint density at radius 1 is 0.977 bits per heavy atom. The summed E-state index contributed by atoms with van der Waals surface area (Å²) in [5.41, 5.74) is 0.774. The van der Waals surface area contributed by atoms with Crippen LogP contribution in [0.1, 0.15) is 84.1 Å². The zero-order valence-electron chi connectivity index (χ0n) is 26.4. The van der Waals surface area contributed by atoms with Gasteiger partial charge in [-0.15, -0.1) is 0 Å². The van der Waals surface area contributed by atoms with Crippen LogP contribution in [-0.4, -0.2) is 77.5 Å². The molecule has 0 unspecified atom stereocenters. The summed E-state index contributed by atoms with van der Waals surface area (Å²) in [6.07, 6.45) is 11.3. The molecular weight excluding hydrogens is 540 g/mol. The minimum absolute atomic E-state index is 0.0738. The second-order valence-corrected chi connectivity index (χ2v) is 14.1. The van der Waals surface area contributed by atoms with Gasteiger partial charge in [0.2, 0.25) is 17.7 Å². The van der Waals surface area contributed by atoms with Crippen LogP contribution in [-0.2, 0) is 19.1 Å². The monoisotopic (exact) mass is 590 g/mol. The van der Waals surface area contributed by atoms with E-state index in [4.69, 9.17) is 4.74 Å². The smallest absolute Gasteiger partial charge is 0.246 e. The van der Waals surface area contributed by atoms with Gasteiger partial charge >= 0.3 is 0 Å². The van der Waals surface area contributed by atoms with Crippen molar-refractivity contribution in [1.82, 2.24) is 15.1 Å². The number of hydrogen-bond donors (Lipinski definition) is 2. The normalized spacial score (nSPS) is 35.7. The van der Waals surface area contributed by atoms with E-state index in [1.807, 2.05) is 36.4 Å². The first-order chi connectivity index (χ1) is 20.7. The topological polar surface area (TPSA) is 91.0 Å². The summed E-state index contributed by atoms with van der Waals surface area (Å²) in [7, 11) is 0. The van der Waals surface area contributed by atoms with Gasteiger partial charge in [-0.25, -0.2) is 0 Å². The van der Waals surface area contributed by atoms with Gasteiger partial charge in [-0.2, -0.15) is 0 Å². The van der Waals surface area contributed by atoms with E-state index in [2.05, 4.69) is 43.2 Å². The molecule has 8 nitrogen and oxygen atoms in total. The highest BCUT2D eigenvalue weighted by atomic mass is 16.5. The van der Waals surface area contributed by atoms with E-state index < -0.39 is 29.6 Å². The number of carbonyl (C=O) groups is 3. The quantitative estimate of drug-likeness (QED) is 0.428. The summed E-state index contributed by atoms with van der Waals surface area (Å²) in [4.78, 5) is 46.6. The molecule has 2 N–H and O–H groups in total. The largest absolute Gasteiger partial charge is 0.359 e. The van der Waals surface area contributed by atoms with Crippen molar-refractivity contribution in [3.8, 4) is 0 Å². The third kappa shape index (κ3) is 5.66. The van der Waals surface area contributed by atoms with Gasteiger partial charge in [0.15, 0.2) is 0 Å². The third-order valence-electron chi connectivity index (χ3n) is 11.2. The van der Waals surface area contributed by atoms with E-state index in [0.29, 0.717) is 30.0 Å². The minimum atomic E-state index is -1.13. The van der Waals surface area contributed by atoms with Crippen molar-refractivity contribution < 1.29 is 19.1 Å². The Kier molecular flexibility index (Phi) is 8.71. The molecule has 1 spiro atoms. The number of likely N-dealkylation sites (tertiary alicyclic amines) is 2. The number of carbonyl (C=O) groups excluding carboxylic acids is 3. The zero-order chi connectivity index (χ0) is 30.3. The van der Waals surface area contributed by atoms with E-state index in [1.165, 1.54) is 24.8 Å². The molecule has 4 fully saturated rings. The summed E-state index contributed by atoms with van der Waals surface area (Å²) in [6, 6.07) is 7.17. The van der Waals surface area contributed by atoms with E-state index >= 15 is 0 Å². The lowest BCUT2D eigenvalue weighted by Gasteiger charge is -2.38. The molecule has 2 bridgehead atoms. The Bertz CT molecular complexity index is 1220. The van der Waals surface area contributed by atoms with Crippen LogP contribution in [0.25, 0.3) is 0 Å². The van der Waals surface area contributed by atoms with Crippen molar-refractivity contribution >= 4 is 23.4 Å². The summed E-state index contributed by atoms with van der Waals surface area (Å²) < 4.78 is 6.58. The maximum atomic E-state index is 14.4. The van der Waals surface area contributed by atoms with Crippen molar-refractivity contribution in [3.05, 3.63) is 42.0 Å². The molecule has 3 saturated heterocycles. The predicted octanol–water partition coefficient (Wildman–Crippen LogP) is 4.72. The number of hydrogen-bond acceptors (Lipinski definition) is 5. The Morgan fingerprint density at radius 2 is 1.70 bits per heavy atom. The van der Waals surface area contributed by atoms with Crippen LogP contribution in [0.3, 0.4) is 0 Å². The Balaban J connectivity index is 1.25. The maximum Gasteiger partial charge on any atom is 0.246 e. The molecule has 4 aliphatic heterocycles. The molecule has 5 aliphatic rings. The number of ether oxygens (including phenoxy) is 1. The lowest BCUT2D eigenvalue weighted by molar-refractivity contribution is -0.141. The second kappa shape index (κ2) is 12.4. The van der Waals surface area contributed by atoms with Gasteiger partial charge in [0.05, 0.1) is 17.9 Å². The number of anilines is 1.